The monoisotopic (exact) mass is 760 g/mol. The molecule has 0 aliphatic carbocycles. The molecule has 12 rings (SSSR count). The van der Waals surface area contributed by atoms with E-state index in [4.69, 9.17) is 31.8 Å². The van der Waals surface area contributed by atoms with Crippen LogP contribution in [0.5, 0.6) is 0 Å². The summed E-state index contributed by atoms with van der Waals surface area (Å²) in [5.41, 5.74) is -8.20. The lowest BCUT2D eigenvalue weighted by molar-refractivity contribution is 0.666. The number of aromatic nitrogens is 5. The van der Waals surface area contributed by atoms with Crippen molar-refractivity contribution in [1.82, 2.24) is 24.1 Å². The lowest BCUT2D eigenvalue weighted by atomic mass is 10.0. The van der Waals surface area contributed by atoms with Crippen LogP contribution in [0.15, 0.2) is 192 Å². The zero-order valence-corrected chi connectivity index (χ0v) is 28.1. The number of benzene rings is 8. The van der Waals surface area contributed by atoms with E-state index in [0.717, 1.165) is 9.13 Å². The highest BCUT2D eigenvalue weighted by Gasteiger charge is 2.25. The molecule has 0 N–H and O–H groups in total. The Labute approximate surface area is 370 Å². The minimum Gasteiger partial charge on any atom is -0.454 e. The minimum absolute atomic E-state index is 0.608. The molecule has 0 saturated carbocycles. The molecule has 0 atom stereocenters. The van der Waals surface area contributed by atoms with Crippen LogP contribution in [0.25, 0.3) is 111 Å². The van der Waals surface area contributed by atoms with E-state index in [1.54, 1.807) is 0 Å². The third kappa shape index (κ3) is 4.81. The zero-order chi connectivity index (χ0) is 64.4. The fourth-order valence-corrected chi connectivity index (χ4v) is 6.71. The van der Waals surface area contributed by atoms with Crippen molar-refractivity contribution in [1.29, 1.82) is 0 Å². The number of hydrogen-bond donors (Lipinski definition) is 0. The van der Waals surface area contributed by atoms with E-state index in [9.17, 15) is 15.1 Å². The van der Waals surface area contributed by atoms with Crippen molar-refractivity contribution < 1.29 is 46.9 Å². The molecule has 0 saturated heterocycles. The van der Waals surface area contributed by atoms with Gasteiger partial charge in [-0.15, -0.1) is 0 Å². The highest BCUT2D eigenvalue weighted by atomic mass is 16.3. The Bertz CT molecular complexity index is 5190. The van der Waals surface area contributed by atoms with Gasteiger partial charge in [-0.25, -0.2) is 4.98 Å². The van der Waals surface area contributed by atoms with Gasteiger partial charge in [-0.2, -0.15) is 9.97 Å². The molecule has 6 nitrogen and oxygen atoms in total. The average Bonchev–Trinajstić information content (AvgIpc) is 1.55. The second-order valence-electron chi connectivity index (χ2n) is 12.1. The Kier molecular flexibility index (Phi) is 2.97. The molecule has 4 aromatic heterocycles. The van der Waals surface area contributed by atoms with Crippen molar-refractivity contribution in [2.75, 3.05) is 0 Å². The molecule has 0 amide bonds. The normalized spacial score (nSPS) is 19.5. The highest BCUT2D eigenvalue weighted by molar-refractivity contribution is 6.24. The van der Waals surface area contributed by atoms with Crippen molar-refractivity contribution in [3.05, 3.63) is 187 Å². The Morgan fingerprint density at radius 1 is 0.386 bits per heavy atom. The predicted octanol–water partition coefficient (Wildman–Crippen LogP) is 13.0. The van der Waals surface area contributed by atoms with E-state index < -0.39 is 298 Å². The molecule has 0 fully saturated rings. The van der Waals surface area contributed by atoms with E-state index in [-0.39, 0.29) is 0 Å². The lowest BCUT2D eigenvalue weighted by Crippen LogP contribution is -2.07. The third-order valence-electron chi connectivity index (χ3n) is 9.03. The summed E-state index contributed by atoms with van der Waals surface area (Å²) in [6, 6.07) is -29.2. The van der Waals surface area contributed by atoms with E-state index in [1.165, 1.54) is 0 Å². The van der Waals surface area contributed by atoms with Crippen molar-refractivity contribution >= 4 is 65.6 Å². The van der Waals surface area contributed by atoms with E-state index in [2.05, 4.69) is 15.0 Å². The summed E-state index contributed by atoms with van der Waals surface area (Å²) in [4.78, 5) is 13.4. The molecule has 0 aliphatic rings. The number of para-hydroxylation sites is 3. The summed E-state index contributed by atoms with van der Waals surface area (Å²) in [5, 5.41) is -3.80. The summed E-state index contributed by atoms with van der Waals surface area (Å²) >= 11 is 0. The van der Waals surface area contributed by atoms with Crippen LogP contribution in [0.1, 0.15) is 42.5 Å². The first-order valence-electron chi connectivity index (χ1n) is 32.1. The second-order valence-corrected chi connectivity index (χ2v) is 12.1. The fraction of sp³-hybridized carbons (Fsp3) is 0. The van der Waals surface area contributed by atoms with Crippen LogP contribution < -0.4 is 0 Å². The summed E-state index contributed by atoms with van der Waals surface area (Å²) in [7, 11) is 0. The summed E-state index contributed by atoms with van der Waals surface area (Å²) in [6.45, 7) is 0. The zero-order valence-electron chi connectivity index (χ0n) is 59.1. The number of rotatable bonds is 5. The molecular weight excluding hydrogens is 699 g/mol. The highest BCUT2D eigenvalue weighted by Crippen LogP contribution is 2.44. The molecule has 266 valence electrons. The van der Waals surface area contributed by atoms with Crippen LogP contribution in [-0.2, 0) is 0 Å². The molecular formula is C51H31N5O. The minimum atomic E-state index is -1.05. The molecule has 0 bridgehead atoms. The van der Waals surface area contributed by atoms with Crippen molar-refractivity contribution in [2.24, 2.45) is 0 Å². The molecule has 8 aromatic carbocycles. The first-order valence-corrected chi connectivity index (χ1v) is 16.6. The Balaban J connectivity index is 1.39. The second kappa shape index (κ2) is 12.3. The molecule has 0 radical (unpaired) electrons. The molecule has 0 aliphatic heterocycles. The van der Waals surface area contributed by atoms with Crippen LogP contribution in [0.4, 0.5) is 0 Å². The maximum absolute atomic E-state index is 9.82. The topological polar surface area (TPSA) is 61.7 Å². The van der Waals surface area contributed by atoms with Gasteiger partial charge in [-0.05, 0) is 41.3 Å². The van der Waals surface area contributed by atoms with Crippen molar-refractivity contribution in [2.45, 2.75) is 0 Å². The van der Waals surface area contributed by atoms with Crippen LogP contribution in [0.2, 0.25) is 0 Å². The number of hydrogen-bond acceptors (Lipinski definition) is 4. The van der Waals surface area contributed by atoms with Gasteiger partial charge in [0.25, 0.3) is 0 Å². The van der Waals surface area contributed by atoms with E-state index >= 15 is 0 Å². The first-order chi connectivity index (χ1) is 41.2. The van der Waals surface area contributed by atoms with Gasteiger partial charge in [-0.3, -0.25) is 4.57 Å². The number of nitrogens with zero attached hydrogens (tertiary/aromatic N) is 5. The Morgan fingerprint density at radius 2 is 0.912 bits per heavy atom. The van der Waals surface area contributed by atoms with Gasteiger partial charge in [0.2, 0.25) is 5.95 Å². The molecule has 6 heteroatoms. The van der Waals surface area contributed by atoms with Gasteiger partial charge < -0.3 is 8.98 Å². The molecule has 57 heavy (non-hydrogen) atoms. The SMILES string of the molecule is [2H]c1c([2H])c([2H])c(-c2nc(-c3c([2H])c([2H])c([2H])c([2H])c3[2H])nc(-n3c4c([2H])c([2H])c([2H])c([2H])c4c4c([2H])c([2H])c5c6c([2H])c([2H])c([2H])c([2H])c6n(-c6c([2H])c([2H])c([2H])c7c6oc6c([2H])c([2H])c(-c8c([2H])c([2H])c([2H])c([2H])c8[2H])c([2H])c67)c5c43)n2)c([2H])c1[2H]. The lowest BCUT2D eigenvalue weighted by Gasteiger charge is -2.13. The maximum atomic E-state index is 9.82. The maximum Gasteiger partial charge on any atom is 0.238 e. The van der Waals surface area contributed by atoms with Gasteiger partial charge in [0.15, 0.2) is 17.2 Å². The summed E-state index contributed by atoms with van der Waals surface area (Å²) in [5.74, 6) is -2.78. The van der Waals surface area contributed by atoms with Crippen LogP contribution in [-0.4, -0.2) is 24.1 Å². The van der Waals surface area contributed by atoms with Gasteiger partial charge >= 0.3 is 0 Å². The smallest absolute Gasteiger partial charge is 0.238 e. The molecule has 0 spiro atoms. The van der Waals surface area contributed by atoms with E-state index in [0.29, 0.717) is 0 Å². The van der Waals surface area contributed by atoms with Gasteiger partial charge in [0.1, 0.15) is 5.58 Å². The first kappa shape index (κ1) is 13.7. The predicted molar refractivity (Wildman–Crippen MR) is 232 cm³/mol. The molecule has 4 heterocycles. The number of furan rings is 1. The van der Waals surface area contributed by atoms with Crippen molar-refractivity contribution in [3.63, 3.8) is 0 Å². The van der Waals surface area contributed by atoms with Crippen LogP contribution in [0.3, 0.4) is 0 Å². The average molecular weight is 761 g/mol. The van der Waals surface area contributed by atoms with Gasteiger partial charge in [0, 0.05) is 43.4 Å². The van der Waals surface area contributed by atoms with Crippen molar-refractivity contribution in [3.8, 4) is 45.5 Å². The molecule has 12 aromatic rings. The largest absolute Gasteiger partial charge is 0.454 e. The van der Waals surface area contributed by atoms with Crippen LogP contribution >= 0.6 is 0 Å². The Hall–Kier alpha value is -7.83. The Morgan fingerprint density at radius 3 is 1.54 bits per heavy atom. The van der Waals surface area contributed by atoms with E-state index in [1.807, 2.05) is 0 Å². The van der Waals surface area contributed by atoms with Gasteiger partial charge in [0.05, 0.1) is 70.2 Å². The summed E-state index contributed by atoms with van der Waals surface area (Å²) in [6.07, 6.45) is 0. The standard InChI is InChI=1S/C51H31N5O/c1-4-15-32(16-5-1)35-27-30-45-41(31-35)40-23-14-26-44(48(40)57-45)55-42-24-12-10-21-36(42)38-28-29-39-37-22-11-13-25-43(37)56(47(39)46(38)55)51-53-49(33-17-6-2-7-18-33)52-50(54-51)34-19-8-3-9-20-34/h1-31H/i1D,2D,3D,4D,5D,6D,7D,8D,9D,10D,11D,12D,13D,14D,15D,16D,17D,18D,19D,20D,21D,22D,23D,24D,25D,26D,27D,28D,29D,30D,31D. The number of fused-ring (bicyclic) bond motifs is 10. The van der Waals surface area contributed by atoms with Crippen LogP contribution in [0, 0.1) is 0 Å². The fourth-order valence-electron chi connectivity index (χ4n) is 6.71. The quantitative estimate of drug-likeness (QED) is 0.175. The van der Waals surface area contributed by atoms with Gasteiger partial charge in [-0.1, -0.05) is 157 Å². The molecule has 0 unspecified atom stereocenters. The third-order valence-corrected chi connectivity index (χ3v) is 9.03. The summed E-state index contributed by atoms with van der Waals surface area (Å²) < 4.78 is 287.